The molecule has 1 heterocycles. The molecule has 0 saturated carbocycles. The summed E-state index contributed by atoms with van der Waals surface area (Å²) >= 11 is 0. The molecule has 1 atom stereocenters. The van der Waals surface area contributed by atoms with Crippen molar-refractivity contribution in [3.63, 3.8) is 0 Å². The average Bonchev–Trinajstić information content (AvgIpc) is 2.45. The summed E-state index contributed by atoms with van der Waals surface area (Å²) in [7, 11) is 0. The van der Waals surface area contributed by atoms with Gasteiger partial charge in [0.15, 0.2) is 0 Å². The van der Waals surface area contributed by atoms with Crippen LogP contribution < -0.4 is 5.32 Å². The number of hydrogen-bond acceptors (Lipinski definition) is 1. The molecule has 1 N–H and O–H groups in total. The van der Waals surface area contributed by atoms with E-state index in [1.54, 1.807) is 0 Å². The normalized spacial score (nSPS) is 20.7. The van der Waals surface area contributed by atoms with E-state index in [0.717, 1.165) is 0 Å². The van der Waals surface area contributed by atoms with E-state index >= 15 is 0 Å². The van der Waals surface area contributed by atoms with E-state index in [1.807, 2.05) is 0 Å². The first kappa shape index (κ1) is 22.3. The Morgan fingerprint density at radius 2 is 1.08 bits per heavy atom. The van der Waals surface area contributed by atoms with Crippen molar-refractivity contribution >= 4 is 0 Å². The summed E-state index contributed by atoms with van der Waals surface area (Å²) in [5.74, 6) is -39.3. The van der Waals surface area contributed by atoms with Gasteiger partial charge in [0.05, 0.1) is 0 Å². The fourth-order valence-electron chi connectivity index (χ4n) is 1.68. The van der Waals surface area contributed by atoms with Crippen molar-refractivity contribution in [1.82, 2.24) is 5.32 Å². The fraction of sp³-hybridized carbons (Fsp3) is 0.636. The van der Waals surface area contributed by atoms with Crippen LogP contribution in [0.4, 0.5) is 61.5 Å². The van der Waals surface area contributed by atoms with Gasteiger partial charge in [-0.2, -0.15) is 57.1 Å². The molecule has 0 spiro atoms. The molecule has 0 saturated heterocycles. The third-order valence-electron chi connectivity index (χ3n) is 3.19. The Bertz CT molecular complexity index is 599. The summed E-state index contributed by atoms with van der Waals surface area (Å²) in [6, 6.07) is -3.45. The number of halogens is 14. The van der Waals surface area contributed by atoms with Crippen LogP contribution in [0.1, 0.15) is 0 Å². The molecule has 152 valence electrons. The van der Waals surface area contributed by atoms with Gasteiger partial charge in [0.25, 0.3) is 0 Å². The standard InChI is InChI=1S/C11H5F14N/c12-4-1-2-26-5(3-4)6(13,14)7(15,16)8(17,18)9(19,20)10(21,22)11(23,24)25/h1-3,5,26H. The molecule has 1 rings (SSSR count). The fourth-order valence-corrected chi connectivity index (χ4v) is 1.68. The van der Waals surface area contributed by atoms with Gasteiger partial charge in [0, 0.05) is 0 Å². The minimum Gasteiger partial charge on any atom is -0.379 e. The summed E-state index contributed by atoms with van der Waals surface area (Å²) in [5, 5.41) is 1.17. The van der Waals surface area contributed by atoms with E-state index in [1.165, 1.54) is 5.32 Å². The Kier molecular flexibility index (Phi) is 5.07. The van der Waals surface area contributed by atoms with Crippen LogP contribution in [0.15, 0.2) is 24.2 Å². The van der Waals surface area contributed by atoms with Gasteiger partial charge in [-0.05, 0) is 18.4 Å². The number of dihydropyridines is 1. The predicted molar refractivity (Wildman–Crippen MR) is 56.0 cm³/mol. The van der Waals surface area contributed by atoms with Gasteiger partial charge in [0.2, 0.25) is 0 Å². The van der Waals surface area contributed by atoms with Crippen LogP contribution in [-0.4, -0.2) is 41.8 Å². The van der Waals surface area contributed by atoms with Crippen LogP contribution in [0.5, 0.6) is 0 Å². The van der Waals surface area contributed by atoms with Crippen LogP contribution in [-0.2, 0) is 0 Å². The minimum absolute atomic E-state index is 0.171. The van der Waals surface area contributed by atoms with E-state index in [2.05, 4.69) is 0 Å². The van der Waals surface area contributed by atoms with Crippen LogP contribution in [0.25, 0.3) is 0 Å². The number of rotatable bonds is 5. The lowest BCUT2D eigenvalue weighted by Crippen LogP contribution is -2.72. The van der Waals surface area contributed by atoms with E-state index < -0.39 is 53.7 Å². The summed E-state index contributed by atoms with van der Waals surface area (Å²) in [6.07, 6.45) is -7.47. The highest BCUT2D eigenvalue weighted by molar-refractivity contribution is 5.24. The smallest absolute Gasteiger partial charge is 0.379 e. The Morgan fingerprint density at radius 3 is 1.46 bits per heavy atom. The van der Waals surface area contributed by atoms with Crippen molar-refractivity contribution in [3.05, 3.63) is 24.2 Å². The highest BCUT2D eigenvalue weighted by Crippen LogP contribution is 2.60. The maximum absolute atomic E-state index is 13.6. The van der Waals surface area contributed by atoms with Crippen molar-refractivity contribution in [1.29, 1.82) is 0 Å². The Hall–Kier alpha value is -1.70. The van der Waals surface area contributed by atoms with Crippen molar-refractivity contribution in [2.45, 2.75) is 41.8 Å². The number of hydrogen-bond donors (Lipinski definition) is 1. The van der Waals surface area contributed by atoms with Crippen molar-refractivity contribution < 1.29 is 61.5 Å². The molecule has 1 aliphatic heterocycles. The zero-order valence-electron chi connectivity index (χ0n) is 11.6. The zero-order chi connectivity index (χ0) is 21.0. The highest BCUT2D eigenvalue weighted by Gasteiger charge is 2.91. The van der Waals surface area contributed by atoms with E-state index in [9.17, 15) is 61.5 Å². The Balaban J connectivity index is 3.46. The third-order valence-corrected chi connectivity index (χ3v) is 3.19. The second kappa shape index (κ2) is 5.90. The molecule has 0 aromatic carbocycles. The lowest BCUT2D eigenvalue weighted by molar-refractivity contribution is -0.440. The van der Waals surface area contributed by atoms with Gasteiger partial charge in [-0.3, -0.25) is 0 Å². The third kappa shape index (κ3) is 2.88. The van der Waals surface area contributed by atoms with Crippen LogP contribution in [0.2, 0.25) is 0 Å². The lowest BCUT2D eigenvalue weighted by Gasteiger charge is -2.41. The number of allylic oxidation sites excluding steroid dienone is 2. The van der Waals surface area contributed by atoms with Crippen LogP contribution >= 0.6 is 0 Å². The first-order chi connectivity index (χ1) is 11.2. The van der Waals surface area contributed by atoms with Crippen LogP contribution in [0, 0.1) is 0 Å². The quantitative estimate of drug-likeness (QED) is 0.617. The molecular weight excluding hydrogens is 412 g/mol. The van der Waals surface area contributed by atoms with Gasteiger partial charge < -0.3 is 5.32 Å². The molecule has 0 radical (unpaired) electrons. The molecule has 26 heavy (non-hydrogen) atoms. The van der Waals surface area contributed by atoms with Gasteiger partial charge in [-0.1, -0.05) is 0 Å². The summed E-state index contributed by atoms with van der Waals surface area (Å²) < 4.78 is 180. The highest BCUT2D eigenvalue weighted by atomic mass is 19.4. The summed E-state index contributed by atoms with van der Waals surface area (Å²) in [6.45, 7) is 0. The molecule has 0 bridgehead atoms. The van der Waals surface area contributed by atoms with Gasteiger partial charge in [-0.15, -0.1) is 0 Å². The zero-order valence-corrected chi connectivity index (χ0v) is 11.6. The van der Waals surface area contributed by atoms with Crippen molar-refractivity contribution in [3.8, 4) is 0 Å². The maximum atomic E-state index is 13.6. The lowest BCUT2D eigenvalue weighted by atomic mass is 9.90. The Labute approximate surface area is 134 Å². The van der Waals surface area contributed by atoms with E-state index in [0.29, 0.717) is 6.08 Å². The molecule has 15 heteroatoms. The molecule has 0 aromatic heterocycles. The molecule has 1 unspecified atom stereocenters. The maximum Gasteiger partial charge on any atom is 0.460 e. The summed E-state index contributed by atoms with van der Waals surface area (Å²) in [4.78, 5) is 0. The Morgan fingerprint density at radius 1 is 0.654 bits per heavy atom. The van der Waals surface area contributed by atoms with Gasteiger partial charge in [0.1, 0.15) is 11.9 Å². The van der Waals surface area contributed by atoms with E-state index in [-0.39, 0.29) is 6.20 Å². The predicted octanol–water partition coefficient (Wildman–Crippen LogP) is 5.06. The second-order valence-electron chi connectivity index (χ2n) is 4.95. The first-order valence-electron chi connectivity index (χ1n) is 6.01. The average molecular weight is 417 g/mol. The van der Waals surface area contributed by atoms with Crippen molar-refractivity contribution in [2.75, 3.05) is 0 Å². The second-order valence-corrected chi connectivity index (χ2v) is 4.95. The van der Waals surface area contributed by atoms with Crippen LogP contribution in [0.3, 0.4) is 0 Å². The molecule has 0 amide bonds. The van der Waals surface area contributed by atoms with Gasteiger partial charge >= 0.3 is 35.8 Å². The molecule has 0 aromatic rings. The summed E-state index contributed by atoms with van der Waals surface area (Å²) in [5.41, 5.74) is 0. The monoisotopic (exact) mass is 417 g/mol. The van der Waals surface area contributed by atoms with Crippen molar-refractivity contribution in [2.24, 2.45) is 0 Å². The minimum atomic E-state index is -7.97. The van der Waals surface area contributed by atoms with Gasteiger partial charge in [-0.25, -0.2) is 4.39 Å². The number of alkyl halides is 13. The molecule has 1 nitrogen and oxygen atoms in total. The SMILES string of the molecule is FC1=CC(C(F)(F)C(F)(F)C(F)(F)C(F)(F)C(F)(F)C(F)(F)F)NC=C1. The molecule has 0 fully saturated rings. The largest absolute Gasteiger partial charge is 0.460 e. The molecule has 1 aliphatic rings. The number of nitrogens with one attached hydrogen (secondary N) is 1. The molecular formula is C11H5F14N. The van der Waals surface area contributed by atoms with E-state index in [4.69, 9.17) is 0 Å². The topological polar surface area (TPSA) is 12.0 Å². The molecule has 0 aliphatic carbocycles. The first-order valence-corrected chi connectivity index (χ1v) is 6.01.